The minimum atomic E-state index is -0.593. The van der Waals surface area contributed by atoms with E-state index in [1.807, 2.05) is 0 Å². The molecule has 1 unspecified atom stereocenters. The van der Waals surface area contributed by atoms with Crippen LogP contribution in [0.15, 0.2) is 0 Å². The van der Waals surface area contributed by atoms with E-state index in [0.717, 1.165) is 31.6 Å². The Kier molecular flexibility index (Phi) is 3.44. The van der Waals surface area contributed by atoms with Gasteiger partial charge in [-0.3, -0.25) is 0 Å². The summed E-state index contributed by atoms with van der Waals surface area (Å²) < 4.78 is 0. The van der Waals surface area contributed by atoms with Gasteiger partial charge < -0.3 is 0 Å². The summed E-state index contributed by atoms with van der Waals surface area (Å²) in [5.41, 5.74) is 0. The summed E-state index contributed by atoms with van der Waals surface area (Å²) in [5.74, 6) is 0.195. The molecule has 0 aromatic heterocycles. The second-order valence-corrected chi connectivity index (χ2v) is 4.28. The molecule has 1 aliphatic rings. The molecule has 0 saturated heterocycles. The second kappa shape index (κ2) is 4.15. The third-order valence-corrected chi connectivity index (χ3v) is 3.93. The first-order valence-corrected chi connectivity index (χ1v) is 5.88. The van der Waals surface area contributed by atoms with Gasteiger partial charge >= 0.3 is 75.5 Å². The van der Waals surface area contributed by atoms with Gasteiger partial charge in [0.1, 0.15) is 0 Å². The Labute approximate surface area is 75.9 Å². The molecule has 11 heavy (non-hydrogen) atoms. The first kappa shape index (κ1) is 9.12. The number of rotatable bonds is 2. The van der Waals surface area contributed by atoms with Crippen molar-refractivity contribution >= 4 is 22.8 Å². The molecule has 0 amide bonds. The maximum absolute atomic E-state index is 10.6. The summed E-state index contributed by atoms with van der Waals surface area (Å²) >= 11 is 1.77. The van der Waals surface area contributed by atoms with E-state index in [4.69, 9.17) is 5.11 Å². The van der Waals surface area contributed by atoms with Crippen molar-refractivity contribution in [3.8, 4) is 0 Å². The first-order valence-electron chi connectivity index (χ1n) is 4.17. The molecular weight excluding hydrogens is 203 g/mol. The third kappa shape index (κ3) is 2.52. The Morgan fingerprint density at radius 2 is 1.91 bits per heavy atom. The molecule has 1 N–H and O–H groups in total. The minimum absolute atomic E-state index is 0.0368. The monoisotopic (exact) mass is 218 g/mol. The Morgan fingerprint density at radius 3 is 2.27 bits per heavy atom. The molecule has 1 atom stereocenters. The van der Waals surface area contributed by atoms with Crippen LogP contribution < -0.4 is 0 Å². The van der Waals surface area contributed by atoms with Crippen molar-refractivity contribution in [1.82, 2.24) is 0 Å². The Bertz CT molecular complexity index is 139. The maximum atomic E-state index is 10.6. The summed E-state index contributed by atoms with van der Waals surface area (Å²) in [6.45, 7) is 0. The van der Waals surface area contributed by atoms with Gasteiger partial charge in [0.25, 0.3) is 0 Å². The van der Waals surface area contributed by atoms with Crippen LogP contribution in [0, 0.1) is 11.8 Å². The average molecular weight is 218 g/mol. The van der Waals surface area contributed by atoms with Crippen molar-refractivity contribution < 1.29 is 9.90 Å². The summed E-state index contributed by atoms with van der Waals surface area (Å²) in [6, 6.07) is 0. The van der Waals surface area contributed by atoms with Gasteiger partial charge in [0, 0.05) is 0 Å². The predicted octanol–water partition coefficient (Wildman–Crippen LogP) is 0.929. The average Bonchev–Trinajstić information content (AvgIpc) is 2.05. The van der Waals surface area contributed by atoms with E-state index in [1.54, 1.807) is 16.9 Å². The number of hydrogen-bond donors (Lipinski definition) is 1. The SMILES string of the molecule is O=C(O)C1CCC(C[AsH2])CC1. The van der Waals surface area contributed by atoms with E-state index >= 15 is 0 Å². The normalized spacial score (nSPS) is 31.7. The Hall–Kier alpha value is 0.0284. The van der Waals surface area contributed by atoms with Crippen molar-refractivity contribution in [1.29, 1.82) is 0 Å². The summed E-state index contributed by atoms with van der Waals surface area (Å²) in [5, 5.41) is 9.98. The van der Waals surface area contributed by atoms with Crippen molar-refractivity contribution in [2.45, 2.75) is 30.9 Å². The Balaban J connectivity index is 2.30. The molecule has 3 heteroatoms. The number of carbonyl (C=O) groups is 1. The molecule has 1 fully saturated rings. The topological polar surface area (TPSA) is 37.3 Å². The molecule has 0 bridgehead atoms. The molecule has 0 heterocycles. The number of carboxylic acid groups (broad SMARTS) is 1. The van der Waals surface area contributed by atoms with Crippen LogP contribution in [-0.4, -0.2) is 27.9 Å². The van der Waals surface area contributed by atoms with Crippen LogP contribution in [0.25, 0.3) is 0 Å². The van der Waals surface area contributed by atoms with Crippen LogP contribution in [0.2, 0.25) is 5.21 Å². The van der Waals surface area contributed by atoms with E-state index in [1.165, 1.54) is 5.21 Å². The van der Waals surface area contributed by atoms with E-state index in [2.05, 4.69) is 0 Å². The standard InChI is InChI=1S/C8H15AsO2/c9-5-6-1-3-7(4-2-6)8(10)11/h6-7H,1-5,9H2,(H,10,11). The second-order valence-electron chi connectivity index (χ2n) is 3.29. The van der Waals surface area contributed by atoms with Gasteiger partial charge in [-0.25, -0.2) is 0 Å². The van der Waals surface area contributed by atoms with Crippen molar-refractivity contribution in [3.05, 3.63) is 0 Å². The van der Waals surface area contributed by atoms with Crippen molar-refractivity contribution in [3.63, 3.8) is 0 Å². The van der Waals surface area contributed by atoms with Gasteiger partial charge in [-0.15, -0.1) is 0 Å². The molecule has 64 valence electrons. The van der Waals surface area contributed by atoms with Crippen LogP contribution in [0.1, 0.15) is 25.7 Å². The van der Waals surface area contributed by atoms with Gasteiger partial charge in [0.2, 0.25) is 0 Å². The zero-order valence-corrected chi connectivity index (χ0v) is 9.05. The molecule has 1 aliphatic carbocycles. The third-order valence-electron chi connectivity index (χ3n) is 2.53. The fraction of sp³-hybridized carbons (Fsp3) is 0.875. The van der Waals surface area contributed by atoms with E-state index < -0.39 is 5.97 Å². The fourth-order valence-electron chi connectivity index (χ4n) is 1.65. The fourth-order valence-corrected chi connectivity index (χ4v) is 2.63. The first-order chi connectivity index (χ1) is 5.24. The van der Waals surface area contributed by atoms with Crippen LogP contribution in [0.5, 0.6) is 0 Å². The van der Waals surface area contributed by atoms with Gasteiger partial charge in [-0.05, 0) is 0 Å². The molecule has 2 nitrogen and oxygen atoms in total. The van der Waals surface area contributed by atoms with Crippen molar-refractivity contribution in [2.75, 3.05) is 0 Å². The van der Waals surface area contributed by atoms with Crippen molar-refractivity contribution in [2.24, 2.45) is 11.8 Å². The summed E-state index contributed by atoms with van der Waals surface area (Å²) in [4.78, 5) is 10.6. The van der Waals surface area contributed by atoms with Gasteiger partial charge in [-0.2, -0.15) is 0 Å². The molecule has 1 saturated carbocycles. The number of carboxylic acids is 1. The van der Waals surface area contributed by atoms with Crippen LogP contribution in [0.3, 0.4) is 0 Å². The molecule has 0 radical (unpaired) electrons. The van der Waals surface area contributed by atoms with Gasteiger partial charge in [0.15, 0.2) is 0 Å². The van der Waals surface area contributed by atoms with E-state index in [-0.39, 0.29) is 5.92 Å². The van der Waals surface area contributed by atoms with Gasteiger partial charge in [0.05, 0.1) is 0 Å². The molecule has 0 aromatic rings. The molecule has 0 aliphatic heterocycles. The number of aliphatic carboxylic acids is 1. The zero-order valence-electron chi connectivity index (χ0n) is 6.62. The summed E-state index contributed by atoms with van der Waals surface area (Å²) in [7, 11) is 0. The summed E-state index contributed by atoms with van der Waals surface area (Å²) in [6.07, 6.45) is 4.08. The predicted molar refractivity (Wildman–Crippen MR) is 46.4 cm³/mol. The molecule has 0 aromatic carbocycles. The Morgan fingerprint density at radius 1 is 1.36 bits per heavy atom. The van der Waals surface area contributed by atoms with Gasteiger partial charge in [-0.1, -0.05) is 0 Å². The van der Waals surface area contributed by atoms with E-state index in [0.29, 0.717) is 0 Å². The van der Waals surface area contributed by atoms with Crippen LogP contribution in [-0.2, 0) is 4.79 Å². The molecule has 1 rings (SSSR count). The molecule has 0 spiro atoms. The quantitative estimate of drug-likeness (QED) is 0.700. The van der Waals surface area contributed by atoms with Crippen LogP contribution in [0.4, 0.5) is 0 Å². The molecular formula is C8H15AsO2. The zero-order chi connectivity index (χ0) is 8.27. The number of hydrogen-bond acceptors (Lipinski definition) is 1. The van der Waals surface area contributed by atoms with Crippen LogP contribution >= 0.6 is 0 Å². The van der Waals surface area contributed by atoms with E-state index in [9.17, 15) is 4.79 Å².